The van der Waals surface area contributed by atoms with Gasteiger partial charge in [-0.1, -0.05) is 67.1 Å². The molecule has 2 atom stereocenters. The van der Waals surface area contributed by atoms with Crippen LogP contribution in [-0.4, -0.2) is 22.5 Å². The number of benzene rings is 3. The first-order chi connectivity index (χ1) is 15.9. The number of nitrogens with zero attached hydrogens (tertiary/aromatic N) is 1. The number of thioether (sulfide) groups is 1. The molecule has 2 amide bonds. The molecule has 0 radical (unpaired) electrons. The molecule has 0 saturated carbocycles. The van der Waals surface area contributed by atoms with Crippen molar-refractivity contribution >= 4 is 35.2 Å². The fraction of sp³-hybridized carbons (Fsp3) is 0.259. The molecule has 0 spiro atoms. The molecule has 6 heteroatoms. The highest BCUT2D eigenvalue weighted by Gasteiger charge is 2.32. The minimum absolute atomic E-state index is 0.0682. The topological polar surface area (TPSA) is 49.4 Å². The maximum absolute atomic E-state index is 12.8. The first-order valence-corrected chi connectivity index (χ1v) is 12.5. The Balaban J connectivity index is 1.42. The van der Waals surface area contributed by atoms with Crippen LogP contribution in [0.3, 0.4) is 0 Å². The third kappa shape index (κ3) is 5.60. The van der Waals surface area contributed by atoms with E-state index in [1.54, 1.807) is 11.8 Å². The molecule has 170 valence electrons. The highest BCUT2D eigenvalue weighted by atomic mass is 35.5. The van der Waals surface area contributed by atoms with E-state index in [0.29, 0.717) is 22.9 Å². The lowest BCUT2D eigenvalue weighted by Crippen LogP contribution is -2.28. The number of nitrogens with one attached hydrogen (secondary N) is 1. The van der Waals surface area contributed by atoms with Gasteiger partial charge in [0.15, 0.2) is 0 Å². The van der Waals surface area contributed by atoms with E-state index in [1.165, 1.54) is 5.56 Å². The summed E-state index contributed by atoms with van der Waals surface area (Å²) in [5.74, 6) is 0.459. The SMILES string of the molecule is CCc1ccc([C@H](C)NC(=O)c2ccc([C@@H]3SCC(=O)N3Cc3ccc(Cl)cc3)cc2)cc1. The van der Waals surface area contributed by atoms with Crippen molar-refractivity contribution in [3.63, 3.8) is 0 Å². The fourth-order valence-electron chi connectivity index (χ4n) is 3.89. The monoisotopic (exact) mass is 478 g/mol. The number of rotatable bonds is 7. The van der Waals surface area contributed by atoms with Gasteiger partial charge in [-0.2, -0.15) is 0 Å². The zero-order valence-electron chi connectivity index (χ0n) is 18.8. The smallest absolute Gasteiger partial charge is 0.251 e. The quantitative estimate of drug-likeness (QED) is 0.442. The minimum Gasteiger partial charge on any atom is -0.346 e. The number of carbonyl (C=O) groups excluding carboxylic acids is 2. The normalized spacial score (nSPS) is 16.6. The van der Waals surface area contributed by atoms with Gasteiger partial charge in [0.1, 0.15) is 5.37 Å². The van der Waals surface area contributed by atoms with E-state index in [0.717, 1.165) is 23.1 Å². The van der Waals surface area contributed by atoms with Crippen molar-refractivity contribution in [1.82, 2.24) is 10.2 Å². The van der Waals surface area contributed by atoms with Crippen LogP contribution < -0.4 is 5.32 Å². The predicted octanol–water partition coefficient (Wildman–Crippen LogP) is 6.17. The Morgan fingerprint density at radius 3 is 2.30 bits per heavy atom. The maximum atomic E-state index is 12.8. The van der Waals surface area contributed by atoms with Crippen molar-refractivity contribution in [2.75, 3.05) is 5.75 Å². The molecule has 0 aliphatic carbocycles. The first kappa shape index (κ1) is 23.4. The zero-order valence-corrected chi connectivity index (χ0v) is 20.3. The van der Waals surface area contributed by atoms with Crippen LogP contribution in [0.25, 0.3) is 0 Å². The molecule has 1 heterocycles. The second-order valence-corrected chi connectivity index (χ2v) is 9.73. The Bertz CT molecular complexity index is 1110. The highest BCUT2D eigenvalue weighted by molar-refractivity contribution is 8.00. The highest BCUT2D eigenvalue weighted by Crippen LogP contribution is 2.39. The van der Waals surface area contributed by atoms with E-state index in [4.69, 9.17) is 11.6 Å². The van der Waals surface area contributed by atoms with Crippen LogP contribution in [0.2, 0.25) is 5.02 Å². The van der Waals surface area contributed by atoms with E-state index < -0.39 is 0 Å². The van der Waals surface area contributed by atoms with Gasteiger partial charge >= 0.3 is 0 Å². The van der Waals surface area contributed by atoms with Crippen LogP contribution in [0, 0.1) is 0 Å². The third-order valence-corrected chi connectivity index (χ3v) is 7.44. The van der Waals surface area contributed by atoms with Crippen molar-refractivity contribution in [3.05, 3.63) is 106 Å². The van der Waals surface area contributed by atoms with E-state index in [2.05, 4.69) is 36.5 Å². The van der Waals surface area contributed by atoms with Crippen LogP contribution in [-0.2, 0) is 17.8 Å². The lowest BCUT2D eigenvalue weighted by Gasteiger charge is -2.24. The van der Waals surface area contributed by atoms with Crippen molar-refractivity contribution in [1.29, 1.82) is 0 Å². The lowest BCUT2D eigenvalue weighted by molar-refractivity contribution is -0.128. The summed E-state index contributed by atoms with van der Waals surface area (Å²) in [7, 11) is 0. The molecule has 3 aromatic rings. The zero-order chi connectivity index (χ0) is 23.4. The summed E-state index contributed by atoms with van der Waals surface area (Å²) < 4.78 is 0. The summed E-state index contributed by atoms with van der Waals surface area (Å²) >= 11 is 7.59. The number of halogens is 1. The molecule has 3 aromatic carbocycles. The summed E-state index contributed by atoms with van der Waals surface area (Å²) in [4.78, 5) is 27.2. The van der Waals surface area contributed by atoms with Gasteiger partial charge in [0.05, 0.1) is 11.8 Å². The number of hydrogen-bond donors (Lipinski definition) is 1. The van der Waals surface area contributed by atoms with Crippen LogP contribution in [0.1, 0.15) is 57.9 Å². The summed E-state index contributed by atoms with van der Waals surface area (Å²) in [6.07, 6.45) is 0.995. The Morgan fingerprint density at radius 1 is 1.03 bits per heavy atom. The van der Waals surface area contributed by atoms with Gasteiger partial charge in [-0.05, 0) is 59.9 Å². The molecule has 1 fully saturated rings. The second-order valence-electron chi connectivity index (χ2n) is 8.22. The summed E-state index contributed by atoms with van der Waals surface area (Å²) in [5.41, 5.74) is 5.02. The molecule has 1 saturated heterocycles. The van der Waals surface area contributed by atoms with Crippen LogP contribution in [0.4, 0.5) is 0 Å². The molecule has 0 bridgehead atoms. The Morgan fingerprint density at radius 2 is 1.67 bits per heavy atom. The van der Waals surface area contributed by atoms with Gasteiger partial charge in [0.2, 0.25) is 5.91 Å². The van der Waals surface area contributed by atoms with Crippen LogP contribution in [0.5, 0.6) is 0 Å². The number of carbonyl (C=O) groups is 2. The third-order valence-electron chi connectivity index (χ3n) is 5.93. The fourth-order valence-corrected chi connectivity index (χ4v) is 5.21. The van der Waals surface area contributed by atoms with Crippen LogP contribution in [0.15, 0.2) is 72.8 Å². The molecular formula is C27H27ClN2O2S. The molecule has 1 aliphatic rings. The number of aryl methyl sites for hydroxylation is 1. The van der Waals surface area contributed by atoms with Gasteiger partial charge in [0, 0.05) is 17.1 Å². The molecular weight excluding hydrogens is 452 g/mol. The summed E-state index contributed by atoms with van der Waals surface area (Å²) in [6, 6.07) is 23.4. The standard InChI is InChI=1S/C27H27ClN2O2S/c1-3-19-4-8-21(9-5-19)18(2)29-26(32)22-10-12-23(13-11-22)27-30(25(31)17-33-27)16-20-6-14-24(28)15-7-20/h4-15,18,27H,3,16-17H2,1-2H3,(H,29,32)/t18-,27-/m0/s1. The first-order valence-electron chi connectivity index (χ1n) is 11.1. The van der Waals surface area contributed by atoms with Crippen molar-refractivity contribution < 1.29 is 9.59 Å². The largest absolute Gasteiger partial charge is 0.346 e. The number of hydrogen-bond acceptors (Lipinski definition) is 3. The Labute approximate surface area is 204 Å². The molecule has 0 aromatic heterocycles. The minimum atomic E-state index is -0.109. The summed E-state index contributed by atoms with van der Waals surface area (Å²) in [5, 5.41) is 3.68. The van der Waals surface area contributed by atoms with E-state index in [9.17, 15) is 9.59 Å². The predicted molar refractivity (Wildman–Crippen MR) is 135 cm³/mol. The average Bonchev–Trinajstić information content (AvgIpc) is 3.20. The maximum Gasteiger partial charge on any atom is 0.251 e. The van der Waals surface area contributed by atoms with Crippen molar-refractivity contribution in [2.45, 2.75) is 38.2 Å². The molecule has 4 nitrogen and oxygen atoms in total. The van der Waals surface area contributed by atoms with E-state index in [1.807, 2.05) is 60.4 Å². The second kappa shape index (κ2) is 10.4. The average molecular weight is 479 g/mol. The Hall–Kier alpha value is -2.76. The van der Waals surface area contributed by atoms with Crippen molar-refractivity contribution in [3.8, 4) is 0 Å². The lowest BCUT2D eigenvalue weighted by atomic mass is 10.0. The molecule has 0 unspecified atom stereocenters. The Kier molecular flexibility index (Phi) is 7.41. The molecule has 33 heavy (non-hydrogen) atoms. The van der Waals surface area contributed by atoms with Gasteiger partial charge in [-0.25, -0.2) is 0 Å². The van der Waals surface area contributed by atoms with Crippen molar-refractivity contribution in [2.24, 2.45) is 0 Å². The van der Waals surface area contributed by atoms with Crippen LogP contribution >= 0.6 is 23.4 Å². The van der Waals surface area contributed by atoms with E-state index in [-0.39, 0.29) is 23.2 Å². The van der Waals surface area contributed by atoms with Gasteiger partial charge in [0.25, 0.3) is 5.91 Å². The molecule has 4 rings (SSSR count). The summed E-state index contributed by atoms with van der Waals surface area (Å²) in [6.45, 7) is 4.65. The van der Waals surface area contributed by atoms with Gasteiger partial charge < -0.3 is 10.2 Å². The molecule has 1 N–H and O–H groups in total. The van der Waals surface area contributed by atoms with Gasteiger partial charge in [-0.15, -0.1) is 11.8 Å². The molecule has 1 aliphatic heterocycles. The van der Waals surface area contributed by atoms with E-state index >= 15 is 0 Å². The van der Waals surface area contributed by atoms with Gasteiger partial charge in [-0.3, -0.25) is 9.59 Å². The number of amides is 2.